The molecule has 0 fully saturated rings. The molecule has 0 saturated heterocycles. The average molecular weight is 436 g/mol. The number of sulfonamides is 1. The largest absolute Gasteiger partial charge is 0.357 e. The fraction of sp³-hybridized carbons (Fsp3) is 0.357. The first-order valence-electron chi connectivity index (χ1n) is 6.54. The average Bonchev–Trinajstić information content (AvgIpc) is 2.44. The van der Waals surface area contributed by atoms with Gasteiger partial charge < -0.3 is 10.6 Å². The van der Waals surface area contributed by atoms with Crippen molar-refractivity contribution in [3.63, 3.8) is 0 Å². The van der Waals surface area contributed by atoms with Crippen LogP contribution in [0.15, 0.2) is 34.2 Å². The summed E-state index contributed by atoms with van der Waals surface area (Å²) in [6.07, 6.45) is 5.88. The van der Waals surface area contributed by atoms with E-state index in [0.29, 0.717) is 25.5 Å². The monoisotopic (exact) mass is 436 g/mol. The molecule has 0 aromatic heterocycles. The SMILES string of the molecule is C#CCNC(=NCCc1ccc(S(N)(=O)=O)cc1)NCC.I. The molecule has 122 valence electrons. The highest BCUT2D eigenvalue weighted by Gasteiger charge is 2.06. The molecule has 0 amide bonds. The molecule has 4 N–H and O–H groups in total. The normalized spacial score (nSPS) is 11.2. The van der Waals surface area contributed by atoms with Crippen molar-refractivity contribution in [2.45, 2.75) is 18.2 Å². The fourth-order valence-corrected chi connectivity index (χ4v) is 2.13. The van der Waals surface area contributed by atoms with Crippen LogP contribution in [0.4, 0.5) is 0 Å². The van der Waals surface area contributed by atoms with Crippen LogP contribution in [-0.2, 0) is 16.4 Å². The summed E-state index contributed by atoms with van der Waals surface area (Å²) in [5.74, 6) is 3.15. The summed E-state index contributed by atoms with van der Waals surface area (Å²) in [7, 11) is -3.64. The van der Waals surface area contributed by atoms with Gasteiger partial charge in [0.05, 0.1) is 11.4 Å². The number of nitrogens with two attached hydrogens (primary N) is 1. The third-order valence-electron chi connectivity index (χ3n) is 2.62. The van der Waals surface area contributed by atoms with E-state index in [1.54, 1.807) is 12.1 Å². The molecule has 1 rings (SSSR count). The number of rotatable bonds is 6. The zero-order valence-electron chi connectivity index (χ0n) is 12.4. The summed E-state index contributed by atoms with van der Waals surface area (Å²) < 4.78 is 22.3. The summed E-state index contributed by atoms with van der Waals surface area (Å²) in [6.45, 7) is 3.70. The second-order valence-electron chi connectivity index (χ2n) is 4.26. The Morgan fingerprint density at radius 3 is 2.45 bits per heavy atom. The first kappa shape index (κ1) is 20.7. The van der Waals surface area contributed by atoms with E-state index in [0.717, 1.165) is 12.1 Å². The molecular formula is C14H21IN4O2S. The number of terminal acetylenes is 1. The molecule has 0 aliphatic rings. The highest BCUT2D eigenvalue weighted by molar-refractivity contribution is 14.0. The number of benzene rings is 1. The van der Waals surface area contributed by atoms with Gasteiger partial charge >= 0.3 is 0 Å². The first-order valence-corrected chi connectivity index (χ1v) is 8.09. The molecule has 0 heterocycles. The van der Waals surface area contributed by atoms with Gasteiger partial charge in [0.2, 0.25) is 10.0 Å². The highest BCUT2D eigenvalue weighted by Crippen LogP contribution is 2.09. The van der Waals surface area contributed by atoms with Crippen molar-refractivity contribution in [3.05, 3.63) is 29.8 Å². The molecule has 0 atom stereocenters. The first-order chi connectivity index (χ1) is 9.97. The van der Waals surface area contributed by atoms with Crippen LogP contribution < -0.4 is 15.8 Å². The van der Waals surface area contributed by atoms with E-state index in [-0.39, 0.29) is 28.9 Å². The Balaban J connectivity index is 0.00000441. The summed E-state index contributed by atoms with van der Waals surface area (Å²) in [5, 5.41) is 11.1. The summed E-state index contributed by atoms with van der Waals surface area (Å²) in [4.78, 5) is 4.48. The van der Waals surface area contributed by atoms with E-state index in [2.05, 4.69) is 21.5 Å². The van der Waals surface area contributed by atoms with Crippen LogP contribution in [0.1, 0.15) is 12.5 Å². The molecule has 1 aromatic rings. The van der Waals surface area contributed by atoms with Gasteiger partial charge in [-0.25, -0.2) is 13.6 Å². The van der Waals surface area contributed by atoms with Crippen molar-refractivity contribution in [2.24, 2.45) is 10.1 Å². The van der Waals surface area contributed by atoms with Crippen LogP contribution in [0.25, 0.3) is 0 Å². The van der Waals surface area contributed by atoms with E-state index < -0.39 is 10.0 Å². The molecule has 0 radical (unpaired) electrons. The van der Waals surface area contributed by atoms with Gasteiger partial charge in [-0.2, -0.15) is 0 Å². The Morgan fingerprint density at radius 2 is 1.95 bits per heavy atom. The molecule has 1 aromatic carbocycles. The standard InChI is InChI=1S/C14H20N4O2S.HI/c1-3-10-17-14(16-4-2)18-11-9-12-5-7-13(8-6-12)21(15,19)20;/h1,5-8H,4,9-11H2,2H3,(H2,15,19,20)(H2,16,17,18);1H. The maximum atomic E-state index is 11.1. The lowest BCUT2D eigenvalue weighted by atomic mass is 10.1. The van der Waals surface area contributed by atoms with Gasteiger partial charge in [-0.15, -0.1) is 30.4 Å². The zero-order chi connectivity index (χ0) is 15.7. The van der Waals surface area contributed by atoms with Crippen molar-refractivity contribution < 1.29 is 8.42 Å². The Kier molecular flexibility index (Phi) is 9.80. The molecule has 6 nitrogen and oxygen atoms in total. The predicted octanol–water partition coefficient (Wildman–Crippen LogP) is 0.683. The molecule has 8 heteroatoms. The predicted molar refractivity (Wildman–Crippen MR) is 99.7 cm³/mol. The minimum Gasteiger partial charge on any atom is -0.357 e. The van der Waals surface area contributed by atoms with Crippen molar-refractivity contribution in [2.75, 3.05) is 19.6 Å². The maximum Gasteiger partial charge on any atom is 0.238 e. The van der Waals surface area contributed by atoms with E-state index in [4.69, 9.17) is 11.6 Å². The lowest BCUT2D eigenvalue weighted by Crippen LogP contribution is -2.37. The summed E-state index contributed by atoms with van der Waals surface area (Å²) in [5.41, 5.74) is 0.985. The van der Waals surface area contributed by atoms with Crippen LogP contribution in [0.5, 0.6) is 0 Å². The third-order valence-corrected chi connectivity index (χ3v) is 3.55. The van der Waals surface area contributed by atoms with Gasteiger partial charge in [0.1, 0.15) is 0 Å². The van der Waals surface area contributed by atoms with Gasteiger partial charge in [0.25, 0.3) is 0 Å². The molecule has 0 spiro atoms. The molecule has 0 saturated carbocycles. The zero-order valence-corrected chi connectivity index (χ0v) is 15.5. The molecule has 0 bridgehead atoms. The minimum absolute atomic E-state index is 0. The number of hydrogen-bond acceptors (Lipinski definition) is 3. The van der Waals surface area contributed by atoms with Crippen LogP contribution in [0.3, 0.4) is 0 Å². The Morgan fingerprint density at radius 1 is 1.32 bits per heavy atom. The van der Waals surface area contributed by atoms with E-state index >= 15 is 0 Å². The Bertz CT molecular complexity index is 621. The highest BCUT2D eigenvalue weighted by atomic mass is 127. The van der Waals surface area contributed by atoms with Crippen molar-refractivity contribution in [1.82, 2.24) is 10.6 Å². The number of nitrogens with zero attached hydrogens (tertiary/aromatic N) is 1. The second-order valence-corrected chi connectivity index (χ2v) is 5.82. The molecule has 0 aliphatic heterocycles. The topological polar surface area (TPSA) is 96.6 Å². The van der Waals surface area contributed by atoms with Gasteiger partial charge in [-0.1, -0.05) is 18.1 Å². The molecule has 0 unspecified atom stereocenters. The Hall–Kier alpha value is -1.31. The van der Waals surface area contributed by atoms with E-state index in [1.165, 1.54) is 12.1 Å². The maximum absolute atomic E-state index is 11.1. The van der Waals surface area contributed by atoms with Crippen molar-refractivity contribution >= 4 is 40.0 Å². The number of halogens is 1. The number of primary sulfonamides is 1. The summed E-state index contributed by atoms with van der Waals surface area (Å²) >= 11 is 0. The molecule has 0 aliphatic carbocycles. The van der Waals surface area contributed by atoms with Gasteiger partial charge in [0.15, 0.2) is 5.96 Å². The lowest BCUT2D eigenvalue weighted by molar-refractivity contribution is 0.598. The molecule has 22 heavy (non-hydrogen) atoms. The van der Waals surface area contributed by atoms with Crippen molar-refractivity contribution in [3.8, 4) is 12.3 Å². The second kappa shape index (κ2) is 10.4. The number of hydrogen-bond donors (Lipinski definition) is 3. The Labute approximate surface area is 149 Å². The van der Waals surface area contributed by atoms with Crippen molar-refractivity contribution in [1.29, 1.82) is 0 Å². The number of aliphatic imine (C=N–C) groups is 1. The van der Waals surface area contributed by atoms with Crippen LogP contribution in [-0.4, -0.2) is 34.0 Å². The van der Waals surface area contributed by atoms with Crippen LogP contribution >= 0.6 is 24.0 Å². The van der Waals surface area contributed by atoms with Gasteiger partial charge in [-0.05, 0) is 31.0 Å². The summed E-state index contributed by atoms with van der Waals surface area (Å²) in [6, 6.07) is 6.46. The number of nitrogens with one attached hydrogen (secondary N) is 2. The minimum atomic E-state index is -3.64. The van der Waals surface area contributed by atoms with Crippen LogP contribution in [0, 0.1) is 12.3 Å². The molecular weight excluding hydrogens is 415 g/mol. The third kappa shape index (κ3) is 7.63. The van der Waals surface area contributed by atoms with Gasteiger partial charge in [0, 0.05) is 13.1 Å². The van der Waals surface area contributed by atoms with Gasteiger partial charge in [-0.3, -0.25) is 4.99 Å². The number of guanidine groups is 1. The van der Waals surface area contributed by atoms with E-state index in [9.17, 15) is 8.42 Å². The van der Waals surface area contributed by atoms with Crippen LogP contribution in [0.2, 0.25) is 0 Å². The van der Waals surface area contributed by atoms with E-state index in [1.807, 2.05) is 6.92 Å². The smallest absolute Gasteiger partial charge is 0.238 e. The lowest BCUT2D eigenvalue weighted by Gasteiger charge is -2.08. The quantitative estimate of drug-likeness (QED) is 0.265. The fourth-order valence-electron chi connectivity index (χ4n) is 1.62.